The summed E-state index contributed by atoms with van der Waals surface area (Å²) in [5.74, 6) is -0.335. The number of nitrogens with two attached hydrogens (primary N) is 1. The lowest BCUT2D eigenvalue weighted by molar-refractivity contribution is 0.0928. The van der Waals surface area contributed by atoms with Crippen molar-refractivity contribution in [3.8, 4) is 0 Å². The Hall–Kier alpha value is -2.66. The van der Waals surface area contributed by atoms with Gasteiger partial charge in [0.05, 0.1) is 10.9 Å². The number of fused-ring (bicyclic) bond motifs is 1. The topological polar surface area (TPSA) is 72.2 Å². The van der Waals surface area contributed by atoms with E-state index < -0.39 is 5.91 Å². The van der Waals surface area contributed by atoms with Crippen LogP contribution in [-0.4, -0.2) is 11.8 Å². The second-order valence-electron chi connectivity index (χ2n) is 6.33. The number of primary amides is 1. The Labute approximate surface area is 150 Å². The molecular weight excluding hydrogens is 332 g/mol. The first kappa shape index (κ1) is 17.2. The fourth-order valence-electron chi connectivity index (χ4n) is 2.80. The van der Waals surface area contributed by atoms with Crippen molar-refractivity contribution in [1.82, 2.24) is 5.32 Å². The molecule has 0 saturated heterocycles. The standard InChI is InChI=1S/C20H20N2O2S/c1-12(2)18(13-7-9-14(10-8-13)19(21)23)22-20(24)17-11-15-5-3-4-6-16(15)25-17/h3-12,18H,1-2H3,(H2,21,23)(H,22,24). The smallest absolute Gasteiger partial charge is 0.261 e. The van der Waals surface area contributed by atoms with Gasteiger partial charge in [-0.05, 0) is 41.1 Å². The summed E-state index contributed by atoms with van der Waals surface area (Å²) in [5, 5.41) is 4.19. The van der Waals surface area contributed by atoms with E-state index in [9.17, 15) is 9.59 Å². The van der Waals surface area contributed by atoms with E-state index in [2.05, 4.69) is 19.2 Å². The molecule has 0 fully saturated rings. The second-order valence-corrected chi connectivity index (χ2v) is 7.41. The molecule has 1 atom stereocenters. The number of thiophene rings is 1. The fourth-order valence-corrected chi connectivity index (χ4v) is 3.76. The lowest BCUT2D eigenvalue weighted by Crippen LogP contribution is -2.31. The Morgan fingerprint density at radius 1 is 1.04 bits per heavy atom. The third-order valence-electron chi connectivity index (χ3n) is 4.16. The van der Waals surface area contributed by atoms with E-state index in [1.807, 2.05) is 42.5 Å². The molecule has 5 heteroatoms. The minimum absolute atomic E-state index is 0.0844. The number of benzene rings is 2. The number of hydrogen-bond donors (Lipinski definition) is 2. The second kappa shape index (κ2) is 7.07. The lowest BCUT2D eigenvalue weighted by atomic mass is 9.95. The van der Waals surface area contributed by atoms with Crippen LogP contribution in [0.4, 0.5) is 0 Å². The third kappa shape index (κ3) is 3.72. The average molecular weight is 352 g/mol. The van der Waals surface area contributed by atoms with Gasteiger partial charge in [0.25, 0.3) is 5.91 Å². The Balaban J connectivity index is 1.83. The summed E-state index contributed by atoms with van der Waals surface area (Å²) in [6.45, 7) is 4.11. The Morgan fingerprint density at radius 2 is 1.72 bits per heavy atom. The maximum Gasteiger partial charge on any atom is 0.261 e. The summed E-state index contributed by atoms with van der Waals surface area (Å²) in [7, 11) is 0. The molecule has 0 bridgehead atoms. The van der Waals surface area contributed by atoms with Crippen LogP contribution in [0.2, 0.25) is 0 Å². The van der Waals surface area contributed by atoms with Gasteiger partial charge >= 0.3 is 0 Å². The van der Waals surface area contributed by atoms with Gasteiger partial charge in [0.1, 0.15) is 0 Å². The van der Waals surface area contributed by atoms with Crippen LogP contribution in [0.1, 0.15) is 45.5 Å². The number of nitrogens with one attached hydrogen (secondary N) is 1. The summed E-state index contributed by atoms with van der Waals surface area (Å²) in [6.07, 6.45) is 0. The molecule has 0 spiro atoms. The van der Waals surface area contributed by atoms with Gasteiger partial charge in [0, 0.05) is 10.3 Å². The van der Waals surface area contributed by atoms with Crippen molar-refractivity contribution in [1.29, 1.82) is 0 Å². The monoisotopic (exact) mass is 352 g/mol. The molecule has 0 radical (unpaired) electrons. The van der Waals surface area contributed by atoms with Gasteiger partial charge in [-0.1, -0.05) is 44.2 Å². The van der Waals surface area contributed by atoms with Crippen molar-refractivity contribution in [3.05, 3.63) is 70.6 Å². The molecule has 1 unspecified atom stereocenters. The van der Waals surface area contributed by atoms with E-state index in [1.54, 1.807) is 12.1 Å². The molecular formula is C20H20N2O2S. The number of carbonyl (C=O) groups is 2. The average Bonchev–Trinajstić information content (AvgIpc) is 3.03. The minimum Gasteiger partial charge on any atom is -0.366 e. The predicted octanol–water partition coefficient (Wildman–Crippen LogP) is 4.13. The van der Waals surface area contributed by atoms with Crippen LogP contribution in [-0.2, 0) is 0 Å². The highest BCUT2D eigenvalue weighted by atomic mass is 32.1. The number of hydrogen-bond acceptors (Lipinski definition) is 3. The molecule has 0 aliphatic heterocycles. The normalized spacial score (nSPS) is 12.3. The number of carbonyl (C=O) groups excluding carboxylic acids is 2. The Bertz CT molecular complexity index is 880. The number of amides is 2. The molecule has 25 heavy (non-hydrogen) atoms. The molecule has 0 aliphatic carbocycles. The summed E-state index contributed by atoms with van der Waals surface area (Å²) in [5.41, 5.74) is 6.70. The van der Waals surface area contributed by atoms with Crippen LogP contribution < -0.4 is 11.1 Å². The van der Waals surface area contributed by atoms with Crippen molar-refractivity contribution in [3.63, 3.8) is 0 Å². The lowest BCUT2D eigenvalue weighted by Gasteiger charge is -2.22. The minimum atomic E-state index is -0.457. The predicted molar refractivity (Wildman–Crippen MR) is 102 cm³/mol. The van der Waals surface area contributed by atoms with Crippen LogP contribution in [0.3, 0.4) is 0 Å². The van der Waals surface area contributed by atoms with E-state index in [1.165, 1.54) is 11.3 Å². The largest absolute Gasteiger partial charge is 0.366 e. The highest BCUT2D eigenvalue weighted by Crippen LogP contribution is 2.27. The fraction of sp³-hybridized carbons (Fsp3) is 0.200. The van der Waals surface area contributed by atoms with E-state index in [0.29, 0.717) is 10.4 Å². The van der Waals surface area contributed by atoms with Crippen LogP contribution in [0.25, 0.3) is 10.1 Å². The van der Waals surface area contributed by atoms with Crippen LogP contribution >= 0.6 is 11.3 Å². The van der Waals surface area contributed by atoms with E-state index in [0.717, 1.165) is 15.6 Å². The SMILES string of the molecule is CC(C)C(NC(=O)c1cc2ccccc2s1)c1ccc(C(N)=O)cc1. The number of rotatable bonds is 5. The summed E-state index contributed by atoms with van der Waals surface area (Å²) in [4.78, 5) is 24.6. The van der Waals surface area contributed by atoms with Crippen molar-refractivity contribution in [2.75, 3.05) is 0 Å². The van der Waals surface area contributed by atoms with Crippen molar-refractivity contribution < 1.29 is 9.59 Å². The first-order valence-corrected chi connectivity index (χ1v) is 8.96. The van der Waals surface area contributed by atoms with Gasteiger partial charge in [0.2, 0.25) is 5.91 Å². The van der Waals surface area contributed by atoms with Gasteiger partial charge in [-0.3, -0.25) is 9.59 Å². The quantitative estimate of drug-likeness (QED) is 0.725. The van der Waals surface area contributed by atoms with Crippen LogP contribution in [0.5, 0.6) is 0 Å². The molecule has 2 amide bonds. The molecule has 1 aromatic heterocycles. The van der Waals surface area contributed by atoms with Gasteiger partial charge in [-0.2, -0.15) is 0 Å². The summed E-state index contributed by atoms with van der Waals surface area (Å²) >= 11 is 1.49. The molecule has 3 N–H and O–H groups in total. The van der Waals surface area contributed by atoms with Crippen molar-refractivity contribution in [2.45, 2.75) is 19.9 Å². The third-order valence-corrected chi connectivity index (χ3v) is 5.27. The van der Waals surface area contributed by atoms with Gasteiger partial charge in [-0.25, -0.2) is 0 Å². The molecule has 3 rings (SSSR count). The van der Waals surface area contributed by atoms with E-state index >= 15 is 0 Å². The van der Waals surface area contributed by atoms with Gasteiger partial charge in [-0.15, -0.1) is 11.3 Å². The molecule has 2 aromatic carbocycles. The molecule has 128 valence electrons. The van der Waals surface area contributed by atoms with Gasteiger partial charge in [0.15, 0.2) is 0 Å². The first-order valence-electron chi connectivity index (χ1n) is 8.15. The van der Waals surface area contributed by atoms with Crippen molar-refractivity contribution in [2.24, 2.45) is 11.7 Å². The highest BCUT2D eigenvalue weighted by Gasteiger charge is 2.20. The molecule has 4 nitrogen and oxygen atoms in total. The van der Waals surface area contributed by atoms with Crippen molar-refractivity contribution >= 4 is 33.2 Å². The summed E-state index contributed by atoms with van der Waals surface area (Å²) < 4.78 is 1.10. The zero-order valence-corrected chi connectivity index (χ0v) is 15.0. The molecule has 0 saturated carbocycles. The van der Waals surface area contributed by atoms with E-state index in [-0.39, 0.29) is 17.9 Å². The van der Waals surface area contributed by atoms with E-state index in [4.69, 9.17) is 5.73 Å². The maximum absolute atomic E-state index is 12.7. The Morgan fingerprint density at radius 3 is 2.32 bits per heavy atom. The van der Waals surface area contributed by atoms with Crippen LogP contribution in [0, 0.1) is 5.92 Å². The zero-order chi connectivity index (χ0) is 18.0. The first-order chi connectivity index (χ1) is 12.0. The van der Waals surface area contributed by atoms with Gasteiger partial charge < -0.3 is 11.1 Å². The molecule has 3 aromatic rings. The Kier molecular flexibility index (Phi) is 4.86. The highest BCUT2D eigenvalue weighted by molar-refractivity contribution is 7.20. The zero-order valence-electron chi connectivity index (χ0n) is 14.2. The summed E-state index contributed by atoms with van der Waals surface area (Å²) in [6, 6.07) is 16.8. The molecule has 1 heterocycles. The van der Waals surface area contributed by atoms with Crippen LogP contribution in [0.15, 0.2) is 54.6 Å². The molecule has 0 aliphatic rings. The maximum atomic E-state index is 12.7.